The van der Waals surface area contributed by atoms with Crippen LogP contribution in [0.3, 0.4) is 0 Å². The molecule has 0 unspecified atom stereocenters. The molecule has 3 aromatic rings. The number of nitrogens with one attached hydrogen (secondary N) is 2. The molecule has 31 heavy (non-hydrogen) atoms. The SMILES string of the molecule is CNCCCNc1nc(-c2ccc(C#N)c(F)c2)c(-c2ccc(OC)cc2)c(=O)n1C. The first-order chi connectivity index (χ1) is 15.0. The number of rotatable bonds is 8. The summed E-state index contributed by atoms with van der Waals surface area (Å²) in [5, 5.41) is 15.3. The maximum atomic E-state index is 14.4. The second kappa shape index (κ2) is 9.87. The van der Waals surface area contributed by atoms with Crippen molar-refractivity contribution in [2.75, 3.05) is 32.6 Å². The quantitative estimate of drug-likeness (QED) is 0.543. The lowest BCUT2D eigenvalue weighted by Gasteiger charge is -2.16. The van der Waals surface area contributed by atoms with Crippen molar-refractivity contribution in [3.63, 3.8) is 0 Å². The van der Waals surface area contributed by atoms with Crippen molar-refractivity contribution in [1.82, 2.24) is 14.9 Å². The lowest BCUT2D eigenvalue weighted by atomic mass is 9.99. The predicted molar refractivity (Wildman–Crippen MR) is 119 cm³/mol. The zero-order valence-corrected chi connectivity index (χ0v) is 17.7. The molecule has 0 atom stereocenters. The van der Waals surface area contributed by atoms with Crippen LogP contribution in [0.15, 0.2) is 47.3 Å². The van der Waals surface area contributed by atoms with Crippen molar-refractivity contribution in [2.24, 2.45) is 7.05 Å². The molecule has 2 aromatic carbocycles. The Kier molecular flexibility index (Phi) is 7.00. The number of aromatic nitrogens is 2. The van der Waals surface area contributed by atoms with Crippen LogP contribution in [0.1, 0.15) is 12.0 Å². The van der Waals surface area contributed by atoms with E-state index in [9.17, 15) is 9.18 Å². The van der Waals surface area contributed by atoms with Crippen LogP contribution < -0.4 is 20.9 Å². The van der Waals surface area contributed by atoms with E-state index >= 15 is 0 Å². The molecule has 0 amide bonds. The standard InChI is InChI=1S/C23H24FN5O2/c1-26-11-4-12-27-23-28-21(16-5-6-17(14-25)19(24)13-16)20(22(30)29(23)2)15-7-9-18(31-3)10-8-15/h5-10,13,26H,4,11-12H2,1-3H3,(H,27,28). The Balaban J connectivity index is 2.18. The van der Waals surface area contributed by atoms with Gasteiger partial charge in [-0.15, -0.1) is 0 Å². The molecule has 7 nitrogen and oxygen atoms in total. The fraction of sp³-hybridized carbons (Fsp3) is 0.261. The van der Waals surface area contributed by atoms with Gasteiger partial charge >= 0.3 is 0 Å². The van der Waals surface area contributed by atoms with Crippen LogP contribution in [-0.2, 0) is 7.05 Å². The summed E-state index contributed by atoms with van der Waals surface area (Å²) >= 11 is 0. The Morgan fingerprint density at radius 3 is 2.48 bits per heavy atom. The summed E-state index contributed by atoms with van der Waals surface area (Å²) < 4.78 is 21.0. The van der Waals surface area contributed by atoms with Crippen molar-refractivity contribution in [3.8, 4) is 34.2 Å². The summed E-state index contributed by atoms with van der Waals surface area (Å²) in [6.07, 6.45) is 0.841. The van der Waals surface area contributed by atoms with Gasteiger partial charge in [0, 0.05) is 19.2 Å². The van der Waals surface area contributed by atoms with Gasteiger partial charge < -0.3 is 15.4 Å². The van der Waals surface area contributed by atoms with E-state index in [0.29, 0.717) is 40.6 Å². The van der Waals surface area contributed by atoms with Gasteiger partial charge in [0.25, 0.3) is 5.56 Å². The van der Waals surface area contributed by atoms with Crippen molar-refractivity contribution >= 4 is 5.95 Å². The number of halogens is 1. The first kappa shape index (κ1) is 22.0. The molecule has 0 saturated heterocycles. The molecule has 1 aromatic heterocycles. The van der Waals surface area contributed by atoms with Crippen molar-refractivity contribution in [3.05, 3.63) is 64.2 Å². The van der Waals surface area contributed by atoms with E-state index in [0.717, 1.165) is 13.0 Å². The number of nitriles is 1. The van der Waals surface area contributed by atoms with Gasteiger partial charge in [-0.3, -0.25) is 9.36 Å². The summed E-state index contributed by atoms with van der Waals surface area (Å²) in [7, 11) is 5.08. The largest absolute Gasteiger partial charge is 0.497 e. The summed E-state index contributed by atoms with van der Waals surface area (Å²) in [6.45, 7) is 1.43. The molecule has 0 spiro atoms. The molecule has 0 fully saturated rings. The van der Waals surface area contributed by atoms with Gasteiger partial charge in [-0.05, 0) is 49.8 Å². The van der Waals surface area contributed by atoms with Gasteiger partial charge in [-0.1, -0.05) is 18.2 Å². The van der Waals surface area contributed by atoms with E-state index in [2.05, 4.69) is 15.6 Å². The third-order valence-electron chi connectivity index (χ3n) is 4.92. The number of benzene rings is 2. The van der Waals surface area contributed by atoms with E-state index in [1.165, 1.54) is 16.7 Å². The molecule has 0 bridgehead atoms. The molecule has 160 valence electrons. The minimum absolute atomic E-state index is 0.0657. The molecule has 3 rings (SSSR count). The summed E-state index contributed by atoms with van der Waals surface area (Å²) in [5.41, 5.74) is 1.40. The molecule has 0 aliphatic heterocycles. The van der Waals surface area contributed by atoms with Gasteiger partial charge in [0.1, 0.15) is 17.6 Å². The number of methoxy groups -OCH3 is 1. The first-order valence-corrected chi connectivity index (χ1v) is 9.84. The Morgan fingerprint density at radius 2 is 1.87 bits per heavy atom. The van der Waals surface area contributed by atoms with E-state index in [1.807, 2.05) is 13.1 Å². The third-order valence-corrected chi connectivity index (χ3v) is 4.92. The average Bonchev–Trinajstić information content (AvgIpc) is 2.79. The Labute approximate surface area is 180 Å². The number of hydrogen-bond acceptors (Lipinski definition) is 6. The highest BCUT2D eigenvalue weighted by Crippen LogP contribution is 2.31. The predicted octanol–water partition coefficient (Wildman–Crippen LogP) is 3.16. The van der Waals surface area contributed by atoms with Crippen molar-refractivity contribution in [1.29, 1.82) is 5.26 Å². The van der Waals surface area contributed by atoms with Gasteiger partial charge in [-0.2, -0.15) is 5.26 Å². The zero-order chi connectivity index (χ0) is 22.4. The molecule has 0 saturated carbocycles. The molecule has 1 heterocycles. The molecule has 2 N–H and O–H groups in total. The van der Waals surface area contributed by atoms with Crippen LogP contribution in [-0.4, -0.2) is 36.8 Å². The smallest absolute Gasteiger partial charge is 0.263 e. The highest BCUT2D eigenvalue weighted by molar-refractivity contribution is 5.81. The number of nitrogens with zero attached hydrogens (tertiary/aromatic N) is 3. The number of hydrogen-bond donors (Lipinski definition) is 2. The minimum Gasteiger partial charge on any atom is -0.497 e. The first-order valence-electron chi connectivity index (χ1n) is 9.84. The highest BCUT2D eigenvalue weighted by Gasteiger charge is 2.19. The second-order valence-electron chi connectivity index (χ2n) is 6.94. The van der Waals surface area contributed by atoms with Crippen molar-refractivity contribution in [2.45, 2.75) is 6.42 Å². The van der Waals surface area contributed by atoms with Gasteiger partial charge in [0.2, 0.25) is 5.95 Å². The van der Waals surface area contributed by atoms with Crippen LogP contribution >= 0.6 is 0 Å². The highest BCUT2D eigenvalue weighted by atomic mass is 19.1. The lowest BCUT2D eigenvalue weighted by molar-refractivity contribution is 0.415. The molecule has 0 aliphatic carbocycles. The molecule has 0 radical (unpaired) electrons. The molecular formula is C23H24FN5O2. The van der Waals surface area contributed by atoms with Crippen LogP contribution in [0.2, 0.25) is 0 Å². The summed E-state index contributed by atoms with van der Waals surface area (Å²) in [6, 6.07) is 13.1. The Bertz CT molecular complexity index is 1170. The molecule has 8 heteroatoms. The van der Waals surface area contributed by atoms with Gasteiger partial charge in [0.15, 0.2) is 0 Å². The van der Waals surface area contributed by atoms with Crippen LogP contribution in [0.25, 0.3) is 22.4 Å². The Hall–Kier alpha value is -3.70. The normalized spacial score (nSPS) is 10.5. The van der Waals surface area contributed by atoms with E-state index < -0.39 is 5.82 Å². The molecular weight excluding hydrogens is 397 g/mol. The lowest BCUT2D eigenvalue weighted by Crippen LogP contribution is -2.25. The van der Waals surface area contributed by atoms with E-state index in [-0.39, 0.29) is 11.1 Å². The van der Waals surface area contributed by atoms with Crippen LogP contribution in [0.5, 0.6) is 5.75 Å². The maximum absolute atomic E-state index is 14.4. The van der Waals surface area contributed by atoms with E-state index in [1.54, 1.807) is 44.5 Å². The zero-order valence-electron chi connectivity index (χ0n) is 17.7. The average molecular weight is 421 g/mol. The monoisotopic (exact) mass is 421 g/mol. The van der Waals surface area contributed by atoms with E-state index in [4.69, 9.17) is 10.00 Å². The van der Waals surface area contributed by atoms with Gasteiger partial charge in [-0.25, -0.2) is 9.37 Å². The fourth-order valence-corrected chi connectivity index (χ4v) is 3.21. The molecule has 0 aliphatic rings. The number of anilines is 1. The van der Waals surface area contributed by atoms with Crippen LogP contribution in [0.4, 0.5) is 10.3 Å². The Morgan fingerprint density at radius 1 is 1.16 bits per heavy atom. The fourth-order valence-electron chi connectivity index (χ4n) is 3.21. The van der Waals surface area contributed by atoms with Gasteiger partial charge in [0.05, 0.1) is 23.9 Å². The second-order valence-corrected chi connectivity index (χ2v) is 6.94. The topological polar surface area (TPSA) is 92.0 Å². The maximum Gasteiger partial charge on any atom is 0.263 e. The minimum atomic E-state index is -0.660. The summed E-state index contributed by atoms with van der Waals surface area (Å²) in [4.78, 5) is 18.0. The van der Waals surface area contributed by atoms with Crippen molar-refractivity contribution < 1.29 is 9.13 Å². The van der Waals surface area contributed by atoms with Crippen LogP contribution in [0, 0.1) is 17.1 Å². The number of ether oxygens (including phenoxy) is 1. The third kappa shape index (κ3) is 4.73. The summed E-state index contributed by atoms with van der Waals surface area (Å²) in [5.74, 6) is 0.382.